The van der Waals surface area contributed by atoms with Gasteiger partial charge in [-0.05, 0) is 157 Å². The zero-order chi connectivity index (χ0) is 44.0. The number of hydrogen-bond acceptors (Lipinski definition) is 3. The molecule has 1 aliphatic carbocycles. The van der Waals surface area contributed by atoms with Crippen molar-refractivity contribution >= 4 is 88.7 Å². The van der Waals surface area contributed by atoms with E-state index in [-0.39, 0.29) is 28.4 Å². The quantitative estimate of drug-likeness (QED) is 0.164. The standard InChI is InChI=1S/C59H59BN2S/c1-36-31-50-55-51(32-36)62(41-25-26-44-45(35-41)59(10,11)30-29-58(44,8)9)49-34-39(57(5,6)7)21-27-46(49)60(55)47-33-38(56(2,3)4)22-28-48(47)61(50)40-23-19-37(20-24-40)42-16-14-18-53-54(42)43-15-12-13-17-52(43)63-53/h12-28,31-35H,29-30H2,1-11H3. The summed E-state index contributed by atoms with van der Waals surface area (Å²) in [6, 6.07) is 52.1. The molecular weight excluding hydrogens is 780 g/mol. The van der Waals surface area contributed by atoms with Gasteiger partial charge in [0.05, 0.1) is 0 Å². The Hall–Kier alpha value is -5.58. The van der Waals surface area contributed by atoms with Crippen molar-refractivity contribution in [2.24, 2.45) is 0 Å². The van der Waals surface area contributed by atoms with Crippen molar-refractivity contribution in [3.63, 3.8) is 0 Å². The van der Waals surface area contributed by atoms with Crippen molar-refractivity contribution in [1.29, 1.82) is 0 Å². The molecule has 0 fully saturated rings. The Kier molecular flexibility index (Phi) is 8.75. The molecule has 4 heteroatoms. The highest BCUT2D eigenvalue weighted by Gasteiger charge is 2.45. The van der Waals surface area contributed by atoms with Gasteiger partial charge in [0.1, 0.15) is 0 Å². The fraction of sp³-hybridized carbons (Fsp3) is 0.288. The van der Waals surface area contributed by atoms with Crippen molar-refractivity contribution in [2.75, 3.05) is 9.80 Å². The molecule has 8 aromatic rings. The number of rotatable bonds is 3. The average molecular weight is 839 g/mol. The summed E-state index contributed by atoms with van der Waals surface area (Å²) in [5.41, 5.74) is 21.4. The molecule has 0 saturated carbocycles. The predicted octanol–water partition coefficient (Wildman–Crippen LogP) is 15.1. The molecule has 0 saturated heterocycles. The molecule has 0 spiro atoms. The Morgan fingerprint density at radius 3 is 1.86 bits per heavy atom. The highest BCUT2D eigenvalue weighted by molar-refractivity contribution is 7.26. The Morgan fingerprint density at radius 1 is 0.524 bits per heavy atom. The number of aryl methyl sites for hydroxylation is 1. The number of anilines is 6. The zero-order valence-corrected chi connectivity index (χ0v) is 39.8. The first-order valence-electron chi connectivity index (χ1n) is 23.1. The van der Waals surface area contributed by atoms with Gasteiger partial charge in [-0.1, -0.05) is 142 Å². The van der Waals surface area contributed by atoms with Gasteiger partial charge in [-0.3, -0.25) is 0 Å². The molecule has 0 bridgehead atoms. The third-order valence-corrected chi connectivity index (χ3v) is 16.0. The summed E-state index contributed by atoms with van der Waals surface area (Å²) in [6.07, 6.45) is 2.39. The van der Waals surface area contributed by atoms with E-state index in [1.165, 1.54) is 122 Å². The second-order valence-electron chi connectivity index (χ2n) is 22.2. The molecule has 0 unspecified atom stereocenters. The highest BCUT2D eigenvalue weighted by atomic mass is 32.1. The van der Waals surface area contributed by atoms with Crippen molar-refractivity contribution in [2.45, 2.75) is 111 Å². The molecule has 2 nitrogen and oxygen atoms in total. The lowest BCUT2D eigenvalue weighted by Gasteiger charge is -2.46. The van der Waals surface area contributed by atoms with Crippen molar-refractivity contribution < 1.29 is 0 Å². The lowest BCUT2D eigenvalue weighted by Crippen LogP contribution is -2.61. The second-order valence-corrected chi connectivity index (χ2v) is 23.3. The van der Waals surface area contributed by atoms with Crippen LogP contribution in [0.25, 0.3) is 31.3 Å². The molecule has 63 heavy (non-hydrogen) atoms. The van der Waals surface area contributed by atoms with E-state index in [0.717, 1.165) is 0 Å². The summed E-state index contributed by atoms with van der Waals surface area (Å²) in [5.74, 6) is 0. The summed E-state index contributed by atoms with van der Waals surface area (Å²) in [6.45, 7) is 26.2. The smallest absolute Gasteiger partial charge is 0.252 e. The van der Waals surface area contributed by atoms with Gasteiger partial charge >= 0.3 is 0 Å². The summed E-state index contributed by atoms with van der Waals surface area (Å²) in [5, 5.41) is 2.68. The highest BCUT2D eigenvalue weighted by Crippen LogP contribution is 2.51. The molecule has 1 aromatic heterocycles. The lowest BCUT2D eigenvalue weighted by atomic mass is 9.33. The molecule has 3 aliphatic rings. The fourth-order valence-corrected chi connectivity index (χ4v) is 12.3. The van der Waals surface area contributed by atoms with E-state index in [1.54, 1.807) is 0 Å². The van der Waals surface area contributed by atoms with E-state index in [0.29, 0.717) is 0 Å². The Morgan fingerprint density at radius 2 is 1.14 bits per heavy atom. The molecule has 2 aliphatic heterocycles. The third-order valence-electron chi connectivity index (χ3n) is 14.9. The van der Waals surface area contributed by atoms with Gasteiger partial charge in [0, 0.05) is 54.3 Å². The first-order valence-corrected chi connectivity index (χ1v) is 23.9. The van der Waals surface area contributed by atoms with E-state index in [2.05, 4.69) is 219 Å². The molecule has 0 amide bonds. The van der Waals surface area contributed by atoms with Gasteiger partial charge < -0.3 is 9.80 Å². The number of hydrogen-bond donors (Lipinski definition) is 0. The van der Waals surface area contributed by atoms with Crippen LogP contribution in [-0.2, 0) is 21.7 Å². The minimum atomic E-state index is -0.00588. The van der Waals surface area contributed by atoms with Gasteiger partial charge in [-0.25, -0.2) is 0 Å². The molecule has 0 atom stereocenters. The first-order chi connectivity index (χ1) is 29.9. The predicted molar refractivity (Wildman–Crippen MR) is 276 cm³/mol. The summed E-state index contributed by atoms with van der Waals surface area (Å²) >= 11 is 1.88. The largest absolute Gasteiger partial charge is 0.311 e. The van der Waals surface area contributed by atoms with Crippen LogP contribution in [-0.4, -0.2) is 6.71 Å². The first kappa shape index (κ1) is 40.2. The summed E-state index contributed by atoms with van der Waals surface area (Å²) in [7, 11) is 0. The van der Waals surface area contributed by atoms with E-state index in [1.807, 2.05) is 11.3 Å². The van der Waals surface area contributed by atoms with E-state index >= 15 is 0 Å². The van der Waals surface area contributed by atoms with E-state index < -0.39 is 0 Å². The number of benzene rings is 7. The summed E-state index contributed by atoms with van der Waals surface area (Å²) in [4.78, 5) is 5.20. The fourth-order valence-electron chi connectivity index (χ4n) is 11.1. The van der Waals surface area contributed by atoms with Crippen molar-refractivity contribution in [3.05, 3.63) is 161 Å². The van der Waals surface area contributed by atoms with Gasteiger partial charge in [0.15, 0.2) is 0 Å². The molecular formula is C59H59BN2S. The van der Waals surface area contributed by atoms with Gasteiger partial charge in [0.2, 0.25) is 0 Å². The maximum atomic E-state index is 2.64. The van der Waals surface area contributed by atoms with Crippen LogP contribution in [0.4, 0.5) is 34.1 Å². The molecule has 0 N–H and O–H groups in total. The SMILES string of the molecule is Cc1cc2c3c(c1)N(c1ccc4c(c1)C(C)(C)CCC4(C)C)c1cc(C(C)(C)C)ccc1B3c1cc(C(C)(C)C)ccc1N2c1ccc(-c2cccc3sc4ccccc4c23)cc1. The van der Waals surface area contributed by atoms with Crippen LogP contribution in [0.15, 0.2) is 133 Å². The van der Waals surface area contributed by atoms with Crippen LogP contribution in [0.5, 0.6) is 0 Å². The average Bonchev–Trinajstić information content (AvgIpc) is 3.63. The summed E-state index contributed by atoms with van der Waals surface area (Å²) < 4.78 is 2.67. The van der Waals surface area contributed by atoms with Crippen LogP contribution in [0.2, 0.25) is 0 Å². The normalized spacial score (nSPS) is 16.2. The minimum absolute atomic E-state index is 0.00447. The molecule has 3 heterocycles. The maximum Gasteiger partial charge on any atom is 0.252 e. The van der Waals surface area contributed by atoms with E-state index in [4.69, 9.17) is 0 Å². The molecule has 7 aromatic carbocycles. The minimum Gasteiger partial charge on any atom is -0.311 e. The zero-order valence-electron chi connectivity index (χ0n) is 39.0. The number of fused-ring (bicyclic) bond motifs is 8. The number of thiophene rings is 1. The Balaban J connectivity index is 1.16. The monoisotopic (exact) mass is 838 g/mol. The number of nitrogens with zero attached hydrogens (tertiary/aromatic N) is 2. The van der Waals surface area contributed by atoms with Crippen molar-refractivity contribution in [3.8, 4) is 11.1 Å². The van der Waals surface area contributed by atoms with Crippen LogP contribution >= 0.6 is 11.3 Å². The Bertz CT molecular complexity index is 3170. The third kappa shape index (κ3) is 6.26. The lowest BCUT2D eigenvalue weighted by molar-refractivity contribution is 0.332. The van der Waals surface area contributed by atoms with Gasteiger partial charge in [-0.15, -0.1) is 11.3 Å². The maximum absolute atomic E-state index is 2.64. The molecule has 11 rings (SSSR count). The second kappa shape index (κ2) is 13.7. The molecule has 314 valence electrons. The Labute approximate surface area is 379 Å². The topological polar surface area (TPSA) is 6.48 Å². The van der Waals surface area contributed by atoms with Crippen LogP contribution in [0, 0.1) is 6.92 Å². The molecule has 0 radical (unpaired) electrons. The van der Waals surface area contributed by atoms with Crippen LogP contribution in [0.3, 0.4) is 0 Å². The van der Waals surface area contributed by atoms with Crippen molar-refractivity contribution in [1.82, 2.24) is 0 Å². The van der Waals surface area contributed by atoms with Crippen LogP contribution < -0.4 is 26.2 Å². The van der Waals surface area contributed by atoms with Gasteiger partial charge in [-0.2, -0.15) is 0 Å². The van der Waals surface area contributed by atoms with Crippen LogP contribution in [0.1, 0.15) is 110 Å². The van der Waals surface area contributed by atoms with E-state index in [9.17, 15) is 0 Å². The van der Waals surface area contributed by atoms with Gasteiger partial charge in [0.25, 0.3) is 6.71 Å².